The number of rotatable bonds is 2. The molecular weight excluding hydrogens is 323 g/mol. The molecule has 0 atom stereocenters. The molecule has 5 N–H and O–H groups in total. The molecule has 0 spiro atoms. The van der Waals surface area contributed by atoms with Crippen molar-refractivity contribution in [3.8, 4) is 0 Å². The Kier molecular flexibility index (Phi) is 31.9. The minimum atomic E-state index is -2.13. The van der Waals surface area contributed by atoms with E-state index >= 15 is 0 Å². The van der Waals surface area contributed by atoms with Crippen LogP contribution in [0, 0.1) is 37.7 Å². The molecule has 0 aliphatic heterocycles. The van der Waals surface area contributed by atoms with Crippen LogP contribution in [-0.4, -0.2) is 78.0 Å². The van der Waals surface area contributed by atoms with E-state index in [9.17, 15) is 0 Å². The standard InChI is InChI=1S/B2H4O5.Ca.Ho.H2O.H/c3-1(4)7-2(5)6;;;;/h3-6H;;;1H2;/q;+1;;;/p-1. The first-order chi connectivity index (χ1) is 3.13. The second-order valence-corrected chi connectivity index (χ2v) is 0.789. The van der Waals surface area contributed by atoms with E-state index in [1.165, 1.54) is 0 Å². The fraction of sp³-hybridized carbons (Fsp3) is 0. The second-order valence-electron chi connectivity index (χ2n) is 0.789. The van der Waals surface area contributed by atoms with E-state index in [1.54, 1.807) is 0 Å². The van der Waals surface area contributed by atoms with Crippen molar-refractivity contribution in [1.82, 2.24) is 0 Å². The molecule has 10 heteroatoms. The van der Waals surface area contributed by atoms with E-state index in [0.29, 0.717) is 0 Å². The zero-order chi connectivity index (χ0) is 5.86. The molecule has 6 nitrogen and oxygen atoms in total. The van der Waals surface area contributed by atoms with E-state index in [4.69, 9.17) is 20.1 Å². The summed E-state index contributed by atoms with van der Waals surface area (Å²) in [5.74, 6) is 0. The molecular formula is H6B2CaHoO6. The first-order valence-electron chi connectivity index (χ1n) is 1.50. The van der Waals surface area contributed by atoms with Crippen molar-refractivity contribution in [1.29, 1.82) is 0 Å². The molecule has 0 rings (SSSR count). The van der Waals surface area contributed by atoms with Gasteiger partial charge in [-0.25, -0.2) is 0 Å². The summed E-state index contributed by atoms with van der Waals surface area (Å²) in [5.41, 5.74) is 0. The normalized spacial score (nSPS) is 6.00. The van der Waals surface area contributed by atoms with Gasteiger partial charge in [-0.1, -0.05) is 0 Å². The van der Waals surface area contributed by atoms with Crippen molar-refractivity contribution in [2.24, 2.45) is 0 Å². The molecule has 0 unspecified atom stereocenters. The minimum absolute atomic E-state index is 0. The Morgan fingerprint density at radius 3 is 1.10 bits per heavy atom. The molecule has 0 saturated heterocycles. The van der Waals surface area contributed by atoms with Crippen molar-refractivity contribution < 1.29 is 67.9 Å². The average Bonchev–Trinajstić information content (AvgIpc) is 1.27. The Labute approximate surface area is 118 Å². The molecule has 0 aliphatic rings. The van der Waals surface area contributed by atoms with Gasteiger partial charge in [-0.2, -0.15) is 0 Å². The molecule has 0 aromatic heterocycles. The molecule has 1 radical (unpaired) electrons. The third kappa shape index (κ3) is 22.4. The van der Waals surface area contributed by atoms with Crippen molar-refractivity contribution in [2.75, 3.05) is 0 Å². The molecule has 0 aromatic carbocycles. The van der Waals surface area contributed by atoms with Crippen LogP contribution in [0.15, 0.2) is 0 Å². The maximum Gasteiger partial charge on any atom is 0 e. The Balaban J connectivity index is -0.0000000600. The van der Waals surface area contributed by atoms with Crippen LogP contribution in [-0.2, 0) is 4.57 Å². The van der Waals surface area contributed by atoms with Crippen LogP contribution in [0.3, 0.4) is 0 Å². The molecule has 0 bridgehead atoms. The Hall–Kier alpha value is 2.41. The summed E-state index contributed by atoms with van der Waals surface area (Å²) >= 11 is 0. The van der Waals surface area contributed by atoms with Gasteiger partial charge in [-0.3, -0.25) is 0 Å². The summed E-state index contributed by atoms with van der Waals surface area (Å²) in [7, 11) is -4.25. The van der Waals surface area contributed by atoms with Crippen molar-refractivity contribution >= 4 is 52.4 Å². The van der Waals surface area contributed by atoms with E-state index in [2.05, 4.69) is 4.57 Å². The van der Waals surface area contributed by atoms with E-state index in [0.717, 1.165) is 0 Å². The van der Waals surface area contributed by atoms with Gasteiger partial charge in [0, 0.05) is 37.7 Å². The summed E-state index contributed by atoms with van der Waals surface area (Å²) in [4.78, 5) is 0. The fourth-order valence-corrected chi connectivity index (χ4v) is 0.109. The van der Waals surface area contributed by atoms with E-state index in [-0.39, 0.29) is 81.0 Å². The van der Waals surface area contributed by atoms with Crippen molar-refractivity contribution in [3.05, 3.63) is 0 Å². The Bertz CT molecular complexity index is 45.0. The summed E-state index contributed by atoms with van der Waals surface area (Å²) in [6, 6.07) is 0. The van der Waals surface area contributed by atoms with Gasteiger partial charge in [-0.15, -0.1) is 0 Å². The molecule has 10 heavy (non-hydrogen) atoms. The first-order valence-corrected chi connectivity index (χ1v) is 1.50. The maximum atomic E-state index is 7.74. The maximum absolute atomic E-state index is 7.74. The van der Waals surface area contributed by atoms with Gasteiger partial charge < -0.3 is 30.1 Å². The molecule has 0 heterocycles. The van der Waals surface area contributed by atoms with Gasteiger partial charge >= 0.3 is 52.4 Å². The zero-order valence-electron chi connectivity index (χ0n) is 5.10. The molecule has 0 amide bonds. The van der Waals surface area contributed by atoms with Gasteiger partial charge in [0.2, 0.25) is 0 Å². The smallest absolute Gasteiger partial charge is 0 e. The summed E-state index contributed by atoms with van der Waals surface area (Å²) < 4.78 is 3.47. The predicted octanol–water partition coefficient (Wildman–Crippen LogP) is -3.88. The van der Waals surface area contributed by atoms with Crippen LogP contribution < -0.4 is 0 Å². The zero-order valence-corrected chi connectivity index (χ0v) is 10.2. The molecule has 0 aliphatic carbocycles. The third-order valence-corrected chi connectivity index (χ3v) is 0.243. The average molecular weight is 329 g/mol. The minimum Gasteiger partial charge on any atom is -0.870 e. The van der Waals surface area contributed by atoms with Crippen LogP contribution in [0.2, 0.25) is 0 Å². The van der Waals surface area contributed by atoms with Crippen molar-refractivity contribution in [3.63, 3.8) is 0 Å². The summed E-state index contributed by atoms with van der Waals surface area (Å²) in [6.07, 6.45) is 0. The van der Waals surface area contributed by atoms with E-state index < -0.39 is 14.6 Å². The topological polar surface area (TPSA) is 120 Å². The second kappa shape index (κ2) is 14.0. The van der Waals surface area contributed by atoms with Gasteiger partial charge in [0.25, 0.3) is 0 Å². The van der Waals surface area contributed by atoms with Crippen LogP contribution in [0.1, 0.15) is 0 Å². The summed E-state index contributed by atoms with van der Waals surface area (Å²) in [5, 5.41) is 30.9. The van der Waals surface area contributed by atoms with Crippen LogP contribution >= 0.6 is 0 Å². The molecule has 0 fully saturated rings. The van der Waals surface area contributed by atoms with Crippen LogP contribution in [0.4, 0.5) is 0 Å². The number of hydrogen-bond acceptors (Lipinski definition) is 6. The molecule has 0 saturated carbocycles. The molecule has 0 aromatic rings. The summed E-state index contributed by atoms with van der Waals surface area (Å²) in [6.45, 7) is 0. The van der Waals surface area contributed by atoms with Crippen LogP contribution in [0.5, 0.6) is 0 Å². The quantitative estimate of drug-likeness (QED) is 0.385. The first kappa shape index (κ1) is 22.8. The Morgan fingerprint density at radius 1 is 0.900 bits per heavy atom. The van der Waals surface area contributed by atoms with E-state index in [1.807, 2.05) is 0 Å². The van der Waals surface area contributed by atoms with Gasteiger partial charge in [-0.05, 0) is 0 Å². The third-order valence-electron chi connectivity index (χ3n) is 0.243. The Morgan fingerprint density at radius 2 is 1.10 bits per heavy atom. The van der Waals surface area contributed by atoms with Gasteiger partial charge in [0.15, 0.2) is 0 Å². The fourth-order valence-electron chi connectivity index (χ4n) is 0.109. The van der Waals surface area contributed by atoms with Crippen molar-refractivity contribution in [2.45, 2.75) is 0 Å². The predicted molar refractivity (Wildman–Crippen MR) is 30.6 cm³/mol. The largest absolute Gasteiger partial charge is 0.870 e. The monoisotopic (exact) mass is 329 g/mol. The number of hydrogen-bond donors (Lipinski definition) is 4. The van der Waals surface area contributed by atoms with Gasteiger partial charge in [0.1, 0.15) is 0 Å². The SMILES string of the molecule is OB(O)OB(O)O.[CaH+].[Ho].[OH-]. The van der Waals surface area contributed by atoms with Crippen LogP contribution in [0.25, 0.3) is 0 Å². The molecule has 61 valence electrons. The van der Waals surface area contributed by atoms with Gasteiger partial charge in [0.05, 0.1) is 0 Å².